The highest BCUT2D eigenvalue weighted by molar-refractivity contribution is 5.87. The second-order valence-corrected chi connectivity index (χ2v) is 2.60. The highest BCUT2D eigenvalue weighted by Gasteiger charge is 2.00. The summed E-state index contributed by atoms with van der Waals surface area (Å²) in [5, 5.41) is 0.808. The average molecular weight is 160 g/mol. The van der Waals surface area contributed by atoms with Crippen LogP contribution < -0.4 is 5.73 Å². The molecule has 60 valence electrons. The molecule has 12 heavy (non-hydrogen) atoms. The maximum Gasteiger partial charge on any atom is 0.134 e. The summed E-state index contributed by atoms with van der Waals surface area (Å²) in [7, 11) is 0. The first-order valence-electron chi connectivity index (χ1n) is 3.60. The topological polar surface area (TPSA) is 64.7 Å². The van der Waals surface area contributed by atoms with Crippen molar-refractivity contribution in [3.63, 3.8) is 0 Å². The van der Waals surface area contributed by atoms with Crippen LogP contribution in [0.25, 0.3) is 10.9 Å². The van der Waals surface area contributed by atoms with Crippen LogP contribution in [0.2, 0.25) is 0 Å². The largest absolute Gasteiger partial charge is 0.383 e. The molecule has 2 aromatic heterocycles. The van der Waals surface area contributed by atoms with E-state index in [2.05, 4.69) is 15.0 Å². The van der Waals surface area contributed by atoms with Crippen molar-refractivity contribution in [2.24, 2.45) is 0 Å². The Balaban J connectivity index is 2.89. The normalized spacial score (nSPS) is 10.4. The number of fused-ring (bicyclic) bond motifs is 1. The number of nitrogens with two attached hydrogens (primary N) is 1. The number of aryl methyl sites for hydroxylation is 1. The fourth-order valence-electron chi connectivity index (χ4n) is 1.13. The Labute approximate surface area is 69.5 Å². The molecule has 0 bridgehead atoms. The van der Waals surface area contributed by atoms with Crippen molar-refractivity contribution in [1.82, 2.24) is 15.0 Å². The number of hydrogen-bond donors (Lipinski definition) is 1. The van der Waals surface area contributed by atoms with E-state index in [0.717, 1.165) is 16.6 Å². The maximum atomic E-state index is 5.67. The molecular weight excluding hydrogens is 152 g/mol. The lowest BCUT2D eigenvalue weighted by atomic mass is 10.2. The van der Waals surface area contributed by atoms with Crippen LogP contribution in [0.5, 0.6) is 0 Å². The van der Waals surface area contributed by atoms with Gasteiger partial charge in [-0.3, -0.25) is 0 Å². The van der Waals surface area contributed by atoms with E-state index < -0.39 is 0 Å². The predicted octanol–water partition coefficient (Wildman–Crippen LogP) is 0.915. The van der Waals surface area contributed by atoms with E-state index in [9.17, 15) is 0 Å². The highest BCUT2D eigenvalue weighted by Crippen LogP contribution is 2.15. The van der Waals surface area contributed by atoms with Gasteiger partial charge in [-0.05, 0) is 13.0 Å². The van der Waals surface area contributed by atoms with Crippen molar-refractivity contribution >= 4 is 16.7 Å². The molecule has 0 amide bonds. The molecule has 2 N–H and O–H groups in total. The van der Waals surface area contributed by atoms with Crippen LogP contribution in [0.3, 0.4) is 0 Å². The fourth-order valence-corrected chi connectivity index (χ4v) is 1.13. The zero-order chi connectivity index (χ0) is 8.55. The number of nitrogens with zero attached hydrogens (tertiary/aromatic N) is 3. The molecule has 0 aliphatic heterocycles. The zero-order valence-corrected chi connectivity index (χ0v) is 6.65. The van der Waals surface area contributed by atoms with E-state index in [1.165, 1.54) is 6.33 Å². The third-order valence-corrected chi connectivity index (χ3v) is 1.66. The Morgan fingerprint density at radius 3 is 3.08 bits per heavy atom. The van der Waals surface area contributed by atoms with Gasteiger partial charge in [0, 0.05) is 11.9 Å². The van der Waals surface area contributed by atoms with E-state index in [0.29, 0.717) is 5.82 Å². The summed E-state index contributed by atoms with van der Waals surface area (Å²) < 4.78 is 0. The van der Waals surface area contributed by atoms with Crippen LogP contribution in [-0.4, -0.2) is 15.0 Å². The molecule has 0 fully saturated rings. The van der Waals surface area contributed by atoms with Crippen LogP contribution in [0.4, 0.5) is 5.82 Å². The van der Waals surface area contributed by atoms with Gasteiger partial charge in [-0.1, -0.05) is 0 Å². The quantitative estimate of drug-likeness (QED) is 0.622. The van der Waals surface area contributed by atoms with Gasteiger partial charge < -0.3 is 5.73 Å². The Morgan fingerprint density at radius 1 is 1.42 bits per heavy atom. The number of anilines is 1. The first-order valence-corrected chi connectivity index (χ1v) is 3.60. The minimum Gasteiger partial charge on any atom is -0.383 e. The van der Waals surface area contributed by atoms with Gasteiger partial charge in [0.05, 0.1) is 10.9 Å². The Bertz CT molecular complexity index is 424. The van der Waals surface area contributed by atoms with E-state index in [4.69, 9.17) is 5.73 Å². The van der Waals surface area contributed by atoms with Crippen molar-refractivity contribution in [2.45, 2.75) is 6.92 Å². The van der Waals surface area contributed by atoms with E-state index in [1.54, 1.807) is 6.20 Å². The molecule has 4 heteroatoms. The number of rotatable bonds is 0. The molecule has 2 aromatic rings. The van der Waals surface area contributed by atoms with Gasteiger partial charge in [-0.15, -0.1) is 0 Å². The van der Waals surface area contributed by atoms with Crippen molar-refractivity contribution in [3.05, 3.63) is 24.3 Å². The molecule has 2 heterocycles. The van der Waals surface area contributed by atoms with Crippen LogP contribution in [-0.2, 0) is 0 Å². The monoisotopic (exact) mass is 160 g/mol. The molecular formula is C8H8N4. The molecule has 0 aliphatic rings. The van der Waals surface area contributed by atoms with Crippen molar-refractivity contribution < 1.29 is 0 Å². The minimum absolute atomic E-state index is 0.491. The van der Waals surface area contributed by atoms with Gasteiger partial charge >= 0.3 is 0 Å². The molecule has 0 saturated heterocycles. The summed E-state index contributed by atoms with van der Waals surface area (Å²) in [6.45, 7) is 1.89. The third kappa shape index (κ3) is 0.972. The molecule has 0 unspecified atom stereocenters. The molecule has 4 nitrogen and oxygen atoms in total. The van der Waals surface area contributed by atoms with Crippen LogP contribution >= 0.6 is 0 Å². The molecule has 0 aliphatic carbocycles. The zero-order valence-electron chi connectivity index (χ0n) is 6.65. The highest BCUT2D eigenvalue weighted by atomic mass is 14.9. The van der Waals surface area contributed by atoms with Gasteiger partial charge in [0.15, 0.2) is 0 Å². The molecule has 0 atom stereocenters. The molecule has 0 radical (unpaired) electrons. The summed E-state index contributed by atoms with van der Waals surface area (Å²) >= 11 is 0. The van der Waals surface area contributed by atoms with Crippen LogP contribution in [0.15, 0.2) is 18.6 Å². The van der Waals surface area contributed by atoms with E-state index in [1.807, 2.05) is 13.0 Å². The Morgan fingerprint density at radius 2 is 2.25 bits per heavy atom. The smallest absolute Gasteiger partial charge is 0.134 e. The second kappa shape index (κ2) is 2.41. The minimum atomic E-state index is 0.491. The lowest BCUT2D eigenvalue weighted by molar-refractivity contribution is 1.18. The van der Waals surface area contributed by atoms with E-state index >= 15 is 0 Å². The number of pyridine rings is 1. The standard InChI is InChI=1S/C8H8N4/c1-5-2-7-6(8(9)12-5)3-10-4-11-7/h2-4H,1H3,(H2,9,12). The lowest BCUT2D eigenvalue weighted by Gasteiger charge is -2.00. The van der Waals surface area contributed by atoms with E-state index in [-0.39, 0.29) is 0 Å². The molecule has 0 spiro atoms. The summed E-state index contributed by atoms with van der Waals surface area (Å²) in [4.78, 5) is 12.0. The summed E-state index contributed by atoms with van der Waals surface area (Å²) in [5.74, 6) is 0.491. The van der Waals surface area contributed by atoms with Gasteiger partial charge in [0.25, 0.3) is 0 Å². The molecule has 2 rings (SSSR count). The molecule has 0 saturated carbocycles. The lowest BCUT2D eigenvalue weighted by Crippen LogP contribution is -1.95. The molecule has 0 aromatic carbocycles. The fraction of sp³-hybridized carbons (Fsp3) is 0.125. The Kier molecular flexibility index (Phi) is 1.40. The van der Waals surface area contributed by atoms with Crippen LogP contribution in [0.1, 0.15) is 5.69 Å². The summed E-state index contributed by atoms with van der Waals surface area (Å²) in [6.07, 6.45) is 3.17. The number of hydrogen-bond acceptors (Lipinski definition) is 4. The predicted molar refractivity (Wildman–Crippen MR) is 46.5 cm³/mol. The van der Waals surface area contributed by atoms with Crippen molar-refractivity contribution in [2.75, 3.05) is 5.73 Å². The third-order valence-electron chi connectivity index (χ3n) is 1.66. The summed E-state index contributed by atoms with van der Waals surface area (Å²) in [5.41, 5.74) is 7.38. The number of aromatic nitrogens is 3. The van der Waals surface area contributed by atoms with Gasteiger partial charge in [-0.25, -0.2) is 15.0 Å². The van der Waals surface area contributed by atoms with Crippen molar-refractivity contribution in [1.29, 1.82) is 0 Å². The van der Waals surface area contributed by atoms with Gasteiger partial charge in [0.1, 0.15) is 12.1 Å². The van der Waals surface area contributed by atoms with Crippen LogP contribution in [0, 0.1) is 6.92 Å². The number of nitrogen functional groups attached to an aromatic ring is 1. The second-order valence-electron chi connectivity index (χ2n) is 2.60. The maximum absolute atomic E-state index is 5.67. The van der Waals surface area contributed by atoms with Gasteiger partial charge in [0.2, 0.25) is 0 Å². The summed E-state index contributed by atoms with van der Waals surface area (Å²) in [6, 6.07) is 1.88. The Hall–Kier alpha value is -1.71. The first-order chi connectivity index (χ1) is 5.77. The van der Waals surface area contributed by atoms with Gasteiger partial charge in [-0.2, -0.15) is 0 Å². The SMILES string of the molecule is Cc1cc2ncncc2c(N)n1. The average Bonchev–Trinajstić information content (AvgIpc) is 2.04. The first kappa shape index (κ1) is 6.97. The van der Waals surface area contributed by atoms with Crippen molar-refractivity contribution in [3.8, 4) is 0 Å².